The molecule has 1 N–H and O–H groups in total. The molecule has 0 radical (unpaired) electrons. The van der Waals surface area contributed by atoms with Crippen LogP contribution in [0.4, 0.5) is 0 Å². The second kappa shape index (κ2) is 4.46. The Morgan fingerprint density at radius 3 is 2.60 bits per heavy atom. The molecule has 0 aliphatic carbocycles. The Morgan fingerprint density at radius 2 is 1.87 bits per heavy atom. The van der Waals surface area contributed by atoms with Crippen molar-refractivity contribution in [2.75, 3.05) is 0 Å². The summed E-state index contributed by atoms with van der Waals surface area (Å²) < 4.78 is 5.36. The fourth-order valence-corrected chi connectivity index (χ4v) is 1.22. The Labute approximate surface area is 88.0 Å². The average molecular weight is 201 g/mol. The molecule has 0 saturated carbocycles. The summed E-state index contributed by atoms with van der Waals surface area (Å²) in [6.07, 6.45) is 1.58. The Bertz CT molecular complexity index is 429. The van der Waals surface area contributed by atoms with E-state index in [0.29, 0.717) is 6.61 Å². The molecule has 2 rings (SSSR count). The van der Waals surface area contributed by atoms with Gasteiger partial charge >= 0.3 is 0 Å². The molecule has 0 fully saturated rings. The minimum Gasteiger partial charge on any atom is -0.503 e. The summed E-state index contributed by atoms with van der Waals surface area (Å²) in [7, 11) is 0. The van der Waals surface area contributed by atoms with Crippen LogP contribution < -0.4 is 4.74 Å². The predicted octanol–water partition coefficient (Wildman–Crippen LogP) is 2.37. The highest BCUT2D eigenvalue weighted by molar-refractivity contribution is 5.30. The molecular weight excluding hydrogens is 190 g/mol. The zero-order valence-corrected chi connectivity index (χ0v) is 8.13. The van der Waals surface area contributed by atoms with E-state index in [-0.39, 0.29) is 11.6 Å². The summed E-state index contributed by atoms with van der Waals surface area (Å²) in [6.45, 7) is 0.408. The van der Waals surface area contributed by atoms with Crippen molar-refractivity contribution in [1.29, 1.82) is 0 Å². The van der Waals surface area contributed by atoms with Crippen molar-refractivity contribution in [2.24, 2.45) is 0 Å². The normalized spacial score (nSPS) is 9.87. The van der Waals surface area contributed by atoms with Gasteiger partial charge in [-0.25, -0.2) is 4.98 Å². The van der Waals surface area contributed by atoms with Crippen molar-refractivity contribution in [3.8, 4) is 11.6 Å². The van der Waals surface area contributed by atoms with E-state index in [0.717, 1.165) is 5.56 Å². The van der Waals surface area contributed by atoms with E-state index >= 15 is 0 Å². The van der Waals surface area contributed by atoms with Crippen molar-refractivity contribution < 1.29 is 9.84 Å². The molecule has 0 amide bonds. The van der Waals surface area contributed by atoms with E-state index in [1.807, 2.05) is 30.3 Å². The van der Waals surface area contributed by atoms with Gasteiger partial charge in [0.1, 0.15) is 6.61 Å². The Kier molecular flexibility index (Phi) is 2.83. The lowest BCUT2D eigenvalue weighted by Crippen LogP contribution is -1.96. The van der Waals surface area contributed by atoms with Crippen molar-refractivity contribution >= 4 is 0 Å². The van der Waals surface area contributed by atoms with Crippen LogP contribution >= 0.6 is 0 Å². The van der Waals surface area contributed by atoms with Crippen LogP contribution in [0.3, 0.4) is 0 Å². The minimum absolute atomic E-state index is 0.0634. The molecule has 0 atom stereocenters. The van der Waals surface area contributed by atoms with Crippen molar-refractivity contribution in [3.63, 3.8) is 0 Å². The van der Waals surface area contributed by atoms with Crippen LogP contribution in [0.1, 0.15) is 5.56 Å². The van der Waals surface area contributed by atoms with E-state index in [1.54, 1.807) is 18.3 Å². The highest BCUT2D eigenvalue weighted by Crippen LogP contribution is 2.21. The first kappa shape index (κ1) is 9.52. The SMILES string of the molecule is Oc1cccnc1OCc1ccccc1. The van der Waals surface area contributed by atoms with Gasteiger partial charge in [-0.3, -0.25) is 0 Å². The third kappa shape index (κ3) is 2.47. The molecule has 1 aromatic carbocycles. The number of aromatic nitrogens is 1. The summed E-state index contributed by atoms with van der Waals surface area (Å²) in [5, 5.41) is 9.40. The number of pyridine rings is 1. The molecule has 1 aromatic heterocycles. The van der Waals surface area contributed by atoms with Gasteiger partial charge < -0.3 is 9.84 Å². The van der Waals surface area contributed by atoms with Crippen molar-refractivity contribution in [2.45, 2.75) is 6.61 Å². The predicted molar refractivity (Wildman–Crippen MR) is 56.7 cm³/mol. The van der Waals surface area contributed by atoms with Crippen molar-refractivity contribution in [1.82, 2.24) is 4.98 Å². The summed E-state index contributed by atoms with van der Waals surface area (Å²) in [5.74, 6) is 0.329. The van der Waals surface area contributed by atoms with Gasteiger partial charge in [-0.2, -0.15) is 0 Å². The van der Waals surface area contributed by atoms with E-state index in [4.69, 9.17) is 4.74 Å². The van der Waals surface area contributed by atoms with E-state index < -0.39 is 0 Å². The van der Waals surface area contributed by atoms with Crippen molar-refractivity contribution in [3.05, 3.63) is 54.2 Å². The third-order valence-electron chi connectivity index (χ3n) is 1.97. The first-order chi connectivity index (χ1) is 7.36. The fraction of sp³-hybridized carbons (Fsp3) is 0.0833. The molecule has 1 heterocycles. The highest BCUT2D eigenvalue weighted by atomic mass is 16.5. The second-order valence-corrected chi connectivity index (χ2v) is 3.10. The van der Waals surface area contributed by atoms with Gasteiger partial charge in [0.2, 0.25) is 0 Å². The van der Waals surface area contributed by atoms with Crippen LogP contribution in [-0.4, -0.2) is 10.1 Å². The summed E-state index contributed by atoms with van der Waals surface area (Å²) in [5.41, 5.74) is 1.04. The number of rotatable bonds is 3. The Morgan fingerprint density at radius 1 is 1.07 bits per heavy atom. The number of benzene rings is 1. The fourth-order valence-electron chi connectivity index (χ4n) is 1.22. The lowest BCUT2D eigenvalue weighted by atomic mass is 10.2. The molecule has 3 nitrogen and oxygen atoms in total. The van der Waals surface area contributed by atoms with Crippen LogP contribution in [0.2, 0.25) is 0 Å². The molecule has 0 bridgehead atoms. The molecule has 3 heteroatoms. The maximum absolute atomic E-state index is 9.40. The molecule has 0 aliphatic heterocycles. The van der Waals surface area contributed by atoms with Gasteiger partial charge in [-0.05, 0) is 17.7 Å². The molecule has 2 aromatic rings. The van der Waals surface area contributed by atoms with Gasteiger partial charge in [0.05, 0.1) is 0 Å². The van der Waals surface area contributed by atoms with Crippen LogP contribution in [0.25, 0.3) is 0 Å². The van der Waals surface area contributed by atoms with E-state index in [2.05, 4.69) is 4.98 Å². The number of ether oxygens (including phenoxy) is 1. The summed E-state index contributed by atoms with van der Waals surface area (Å²) >= 11 is 0. The third-order valence-corrected chi connectivity index (χ3v) is 1.97. The van der Waals surface area contributed by atoms with Crippen LogP contribution in [0, 0.1) is 0 Å². The Balaban J connectivity index is 2.03. The quantitative estimate of drug-likeness (QED) is 0.828. The summed E-state index contributed by atoms with van der Waals surface area (Å²) in [4.78, 5) is 3.92. The maximum atomic E-state index is 9.40. The smallest absolute Gasteiger partial charge is 0.257 e. The number of hydrogen-bond acceptors (Lipinski definition) is 3. The van der Waals surface area contributed by atoms with Gasteiger partial charge in [0.15, 0.2) is 5.75 Å². The van der Waals surface area contributed by atoms with E-state index in [9.17, 15) is 5.11 Å². The Hall–Kier alpha value is -2.03. The van der Waals surface area contributed by atoms with Gasteiger partial charge in [0.25, 0.3) is 5.88 Å². The molecule has 0 spiro atoms. The van der Waals surface area contributed by atoms with Crippen LogP contribution in [0.15, 0.2) is 48.7 Å². The molecule has 76 valence electrons. The molecule has 15 heavy (non-hydrogen) atoms. The largest absolute Gasteiger partial charge is 0.503 e. The van der Waals surface area contributed by atoms with E-state index in [1.165, 1.54) is 0 Å². The topological polar surface area (TPSA) is 42.4 Å². The molecule has 0 aliphatic rings. The first-order valence-electron chi connectivity index (χ1n) is 4.67. The van der Waals surface area contributed by atoms with Gasteiger partial charge in [-0.1, -0.05) is 30.3 Å². The maximum Gasteiger partial charge on any atom is 0.257 e. The molecule has 0 unspecified atom stereocenters. The highest BCUT2D eigenvalue weighted by Gasteiger charge is 2.01. The minimum atomic E-state index is 0.0634. The van der Waals surface area contributed by atoms with Gasteiger partial charge in [-0.15, -0.1) is 0 Å². The van der Waals surface area contributed by atoms with Crippen LogP contribution in [-0.2, 0) is 6.61 Å². The lowest BCUT2D eigenvalue weighted by molar-refractivity contribution is 0.276. The number of hydrogen-bond donors (Lipinski definition) is 1. The number of aromatic hydroxyl groups is 1. The zero-order valence-electron chi connectivity index (χ0n) is 8.13. The number of nitrogens with zero attached hydrogens (tertiary/aromatic N) is 1. The van der Waals surface area contributed by atoms with Crippen LogP contribution in [0.5, 0.6) is 11.6 Å². The monoisotopic (exact) mass is 201 g/mol. The van der Waals surface area contributed by atoms with Gasteiger partial charge in [0, 0.05) is 6.20 Å². The standard InChI is InChI=1S/C12H11NO2/c14-11-7-4-8-13-12(11)15-9-10-5-2-1-3-6-10/h1-8,14H,9H2. The first-order valence-corrected chi connectivity index (χ1v) is 4.67. The average Bonchev–Trinajstić information content (AvgIpc) is 2.29. The second-order valence-electron chi connectivity index (χ2n) is 3.10. The lowest BCUT2D eigenvalue weighted by Gasteiger charge is -2.05. The zero-order chi connectivity index (χ0) is 10.5. The molecule has 0 saturated heterocycles. The molecular formula is C12H11NO2. The summed E-state index contributed by atoms with van der Waals surface area (Å²) in [6, 6.07) is 13.0.